The van der Waals surface area contributed by atoms with E-state index in [-0.39, 0.29) is 17.3 Å². The summed E-state index contributed by atoms with van der Waals surface area (Å²) in [6, 6.07) is 13.0. The summed E-state index contributed by atoms with van der Waals surface area (Å²) in [6.07, 6.45) is 1.09. The lowest BCUT2D eigenvalue weighted by molar-refractivity contribution is -0.385. The van der Waals surface area contributed by atoms with Crippen molar-refractivity contribution < 1.29 is 9.72 Å². The molecule has 0 aromatic heterocycles. The van der Waals surface area contributed by atoms with Crippen LogP contribution in [0.4, 0.5) is 5.69 Å². The first kappa shape index (κ1) is 21.6. The molecule has 0 saturated heterocycles. The van der Waals surface area contributed by atoms with Gasteiger partial charge in [-0.15, -0.1) is 0 Å². The summed E-state index contributed by atoms with van der Waals surface area (Å²) in [4.78, 5) is 22.2. The molecule has 2 aromatic rings. The average Bonchev–Trinajstić information content (AvgIpc) is 2.67. The minimum absolute atomic E-state index is 0.0569. The summed E-state index contributed by atoms with van der Waals surface area (Å²) >= 11 is 0. The van der Waals surface area contributed by atoms with Gasteiger partial charge in [-0.05, 0) is 35.4 Å². The topological polar surface area (TPSA) is 98.3 Å². The van der Waals surface area contributed by atoms with Gasteiger partial charge < -0.3 is 11.1 Å². The fraction of sp³-hybridized carbons (Fsp3) is 0.409. The van der Waals surface area contributed by atoms with Gasteiger partial charge in [0.1, 0.15) is 0 Å². The molecule has 0 heterocycles. The van der Waals surface area contributed by atoms with Crippen LogP contribution in [0.5, 0.6) is 0 Å². The molecule has 2 unspecified atom stereocenters. The van der Waals surface area contributed by atoms with Gasteiger partial charge in [0.15, 0.2) is 0 Å². The predicted octanol–water partition coefficient (Wildman–Crippen LogP) is 4.69. The summed E-state index contributed by atoms with van der Waals surface area (Å²) < 4.78 is 0. The van der Waals surface area contributed by atoms with E-state index >= 15 is 0 Å². The second-order valence-corrected chi connectivity index (χ2v) is 7.54. The number of nitrogens with zero attached hydrogens (tertiary/aromatic N) is 1. The Morgan fingerprint density at radius 1 is 1.11 bits per heavy atom. The first-order chi connectivity index (χ1) is 13.2. The number of hydrogen-bond donors (Lipinski definition) is 2. The number of carbonyl (C=O) groups excluding carboxylic acids is 1. The van der Waals surface area contributed by atoms with Gasteiger partial charge >= 0.3 is 0 Å². The molecular weight excluding hydrogens is 354 g/mol. The number of nitro benzene ring substituents is 1. The molecule has 150 valence electrons. The number of primary amides is 1. The molecular formula is C22H29N3O3. The number of benzene rings is 2. The number of hydrogen-bond acceptors (Lipinski definition) is 4. The van der Waals surface area contributed by atoms with E-state index in [1.165, 1.54) is 17.7 Å². The monoisotopic (exact) mass is 383 g/mol. The molecule has 0 aliphatic heterocycles. The molecule has 28 heavy (non-hydrogen) atoms. The van der Waals surface area contributed by atoms with Crippen LogP contribution in [0.2, 0.25) is 0 Å². The highest BCUT2D eigenvalue weighted by Gasteiger charge is 2.20. The molecule has 0 aliphatic rings. The van der Waals surface area contributed by atoms with Crippen molar-refractivity contribution in [2.24, 2.45) is 11.7 Å². The molecule has 0 spiro atoms. The van der Waals surface area contributed by atoms with E-state index in [1.807, 2.05) is 0 Å². The standard InChI is InChI=1S/C22H29N3O3/c1-5-15(4)16-6-8-17(9-7-16)21(14(2)3)24-13-19-11-10-18(22(23)26)12-20(19)25(27)28/h6-12,14-15,21,24H,5,13H2,1-4H3,(H2,23,26). The Hall–Kier alpha value is -2.73. The van der Waals surface area contributed by atoms with E-state index in [9.17, 15) is 14.9 Å². The van der Waals surface area contributed by atoms with Gasteiger partial charge in [0, 0.05) is 29.8 Å². The maximum Gasteiger partial charge on any atom is 0.274 e. The first-order valence-corrected chi connectivity index (χ1v) is 9.64. The number of nitrogens with two attached hydrogens (primary N) is 1. The van der Waals surface area contributed by atoms with Crippen LogP contribution in [0, 0.1) is 16.0 Å². The molecule has 1 amide bonds. The largest absolute Gasteiger partial charge is 0.366 e. The molecule has 6 heteroatoms. The van der Waals surface area contributed by atoms with Crippen molar-refractivity contribution in [3.8, 4) is 0 Å². The van der Waals surface area contributed by atoms with Gasteiger partial charge in [0.05, 0.1) is 4.92 Å². The molecule has 0 fully saturated rings. The molecule has 0 saturated carbocycles. The van der Waals surface area contributed by atoms with Crippen molar-refractivity contribution in [1.29, 1.82) is 0 Å². The van der Waals surface area contributed by atoms with Gasteiger partial charge in [-0.3, -0.25) is 14.9 Å². The molecule has 2 aromatic carbocycles. The third-order valence-corrected chi connectivity index (χ3v) is 5.22. The highest BCUT2D eigenvalue weighted by molar-refractivity contribution is 5.93. The van der Waals surface area contributed by atoms with Crippen LogP contribution in [0.1, 0.15) is 73.1 Å². The smallest absolute Gasteiger partial charge is 0.274 e. The summed E-state index contributed by atoms with van der Waals surface area (Å²) in [5, 5.41) is 14.8. The van der Waals surface area contributed by atoms with Crippen LogP contribution in [-0.4, -0.2) is 10.8 Å². The lowest BCUT2D eigenvalue weighted by Gasteiger charge is -2.24. The highest BCUT2D eigenvalue weighted by Crippen LogP contribution is 2.27. The van der Waals surface area contributed by atoms with E-state index in [2.05, 4.69) is 57.3 Å². The van der Waals surface area contributed by atoms with E-state index in [0.717, 1.165) is 12.0 Å². The Bertz CT molecular complexity index is 831. The lowest BCUT2D eigenvalue weighted by atomic mass is 9.92. The van der Waals surface area contributed by atoms with Crippen LogP contribution in [0.3, 0.4) is 0 Å². The minimum Gasteiger partial charge on any atom is -0.366 e. The summed E-state index contributed by atoms with van der Waals surface area (Å²) in [5.41, 5.74) is 8.26. The SMILES string of the molecule is CCC(C)c1ccc(C(NCc2ccc(C(N)=O)cc2[N+](=O)[O-])C(C)C)cc1. The van der Waals surface area contributed by atoms with Gasteiger partial charge in [0.2, 0.25) is 5.91 Å². The number of amides is 1. The minimum atomic E-state index is -0.677. The van der Waals surface area contributed by atoms with E-state index < -0.39 is 10.8 Å². The number of rotatable bonds is 9. The predicted molar refractivity (Wildman–Crippen MR) is 111 cm³/mol. The van der Waals surface area contributed by atoms with Gasteiger partial charge in [-0.1, -0.05) is 58.0 Å². The molecule has 2 atom stereocenters. The third kappa shape index (κ3) is 5.16. The van der Waals surface area contributed by atoms with Gasteiger partial charge in [-0.25, -0.2) is 0 Å². The van der Waals surface area contributed by atoms with Crippen molar-refractivity contribution in [1.82, 2.24) is 5.32 Å². The number of nitro groups is 1. The van der Waals surface area contributed by atoms with Crippen molar-refractivity contribution in [2.45, 2.75) is 52.6 Å². The van der Waals surface area contributed by atoms with Crippen LogP contribution >= 0.6 is 0 Å². The normalized spacial score (nSPS) is 13.3. The zero-order chi connectivity index (χ0) is 20.8. The van der Waals surface area contributed by atoms with Crippen molar-refractivity contribution in [3.05, 3.63) is 74.8 Å². The first-order valence-electron chi connectivity index (χ1n) is 9.64. The maximum atomic E-state index is 11.4. The Labute approximate surface area is 166 Å². The molecule has 0 bridgehead atoms. The van der Waals surface area contributed by atoms with E-state index in [4.69, 9.17) is 5.73 Å². The molecule has 0 radical (unpaired) electrons. The van der Waals surface area contributed by atoms with Gasteiger partial charge in [0.25, 0.3) is 5.69 Å². The Balaban J connectivity index is 2.22. The molecule has 2 rings (SSSR count). The second kappa shape index (κ2) is 9.46. The van der Waals surface area contributed by atoms with Crippen LogP contribution in [0.15, 0.2) is 42.5 Å². The van der Waals surface area contributed by atoms with Crippen molar-refractivity contribution >= 4 is 11.6 Å². The zero-order valence-corrected chi connectivity index (χ0v) is 16.9. The summed E-state index contributed by atoms with van der Waals surface area (Å²) in [5.74, 6) is 0.147. The number of carbonyl (C=O) groups is 1. The lowest BCUT2D eigenvalue weighted by Crippen LogP contribution is -2.26. The summed E-state index contributed by atoms with van der Waals surface area (Å²) in [7, 11) is 0. The average molecular weight is 383 g/mol. The van der Waals surface area contributed by atoms with Crippen LogP contribution in [-0.2, 0) is 6.54 Å². The second-order valence-electron chi connectivity index (χ2n) is 7.54. The third-order valence-electron chi connectivity index (χ3n) is 5.22. The van der Waals surface area contributed by atoms with Crippen LogP contribution < -0.4 is 11.1 Å². The fourth-order valence-electron chi connectivity index (χ4n) is 3.26. The van der Waals surface area contributed by atoms with E-state index in [0.29, 0.717) is 23.9 Å². The summed E-state index contributed by atoms with van der Waals surface area (Å²) in [6.45, 7) is 8.94. The number of nitrogens with one attached hydrogen (secondary N) is 1. The van der Waals surface area contributed by atoms with E-state index in [1.54, 1.807) is 6.07 Å². The molecule has 0 aliphatic carbocycles. The quantitative estimate of drug-likeness (QED) is 0.484. The molecule has 3 N–H and O–H groups in total. The maximum absolute atomic E-state index is 11.4. The van der Waals surface area contributed by atoms with Crippen molar-refractivity contribution in [2.75, 3.05) is 0 Å². The van der Waals surface area contributed by atoms with Crippen molar-refractivity contribution in [3.63, 3.8) is 0 Å². The Kier molecular flexibility index (Phi) is 7.29. The van der Waals surface area contributed by atoms with Gasteiger partial charge in [-0.2, -0.15) is 0 Å². The molecule has 6 nitrogen and oxygen atoms in total. The fourth-order valence-corrected chi connectivity index (χ4v) is 3.26. The Morgan fingerprint density at radius 2 is 1.71 bits per heavy atom. The van der Waals surface area contributed by atoms with Crippen LogP contribution in [0.25, 0.3) is 0 Å². The Morgan fingerprint density at radius 3 is 2.21 bits per heavy atom. The zero-order valence-electron chi connectivity index (χ0n) is 16.9. The highest BCUT2D eigenvalue weighted by atomic mass is 16.6.